The summed E-state index contributed by atoms with van der Waals surface area (Å²) in [5.41, 5.74) is 1.61. The van der Waals surface area contributed by atoms with Crippen molar-refractivity contribution in [1.29, 1.82) is 0 Å². The van der Waals surface area contributed by atoms with Gasteiger partial charge in [-0.05, 0) is 50.2 Å². The first-order valence-corrected chi connectivity index (χ1v) is 10.6. The maximum atomic E-state index is 12.9. The monoisotopic (exact) mass is 418 g/mol. The predicted molar refractivity (Wildman–Crippen MR) is 109 cm³/mol. The molecule has 1 fully saturated rings. The summed E-state index contributed by atoms with van der Waals surface area (Å²) in [4.78, 5) is 31.4. The van der Waals surface area contributed by atoms with Crippen LogP contribution in [0.15, 0.2) is 18.2 Å². The van der Waals surface area contributed by atoms with Crippen LogP contribution in [0.4, 0.5) is 0 Å². The van der Waals surface area contributed by atoms with Crippen molar-refractivity contribution in [3.05, 3.63) is 38.3 Å². The molecule has 0 aliphatic carbocycles. The minimum Gasteiger partial charge on any atom is -0.486 e. The second kappa shape index (κ2) is 8.05. The maximum Gasteiger partial charge on any atom is 0.227 e. The summed E-state index contributed by atoms with van der Waals surface area (Å²) in [6.07, 6.45) is 1.73. The number of piperidine rings is 1. The third-order valence-electron chi connectivity index (χ3n) is 5.28. The molecule has 6 nitrogen and oxygen atoms in total. The van der Waals surface area contributed by atoms with Gasteiger partial charge in [0.15, 0.2) is 21.2 Å². The molecule has 1 aromatic carbocycles. The number of carbonyl (C=O) groups excluding carboxylic acids is 2. The largest absolute Gasteiger partial charge is 0.486 e. The molecule has 1 amide bonds. The zero-order valence-corrected chi connectivity index (χ0v) is 17.3. The maximum absolute atomic E-state index is 12.9. The second-order valence-corrected chi connectivity index (χ2v) is 8.89. The van der Waals surface area contributed by atoms with Crippen LogP contribution in [0, 0.1) is 16.8 Å². The molecule has 0 saturated carbocycles. The van der Waals surface area contributed by atoms with Gasteiger partial charge in [0.1, 0.15) is 13.2 Å². The number of Topliss-reactive ketones (excluding diaryl/α,β-unsaturated/α-hetero) is 1. The zero-order valence-electron chi connectivity index (χ0n) is 15.7. The highest BCUT2D eigenvalue weighted by Gasteiger charge is 2.29. The molecule has 2 aliphatic rings. The molecule has 0 spiro atoms. The van der Waals surface area contributed by atoms with Crippen molar-refractivity contribution < 1.29 is 19.1 Å². The number of fused-ring (bicyclic) bond motifs is 1. The number of ketones is 1. The third kappa shape index (κ3) is 3.98. The van der Waals surface area contributed by atoms with E-state index in [4.69, 9.17) is 21.7 Å². The summed E-state index contributed by atoms with van der Waals surface area (Å²) < 4.78 is 11.8. The number of ether oxygens (including phenoxy) is 2. The summed E-state index contributed by atoms with van der Waals surface area (Å²) in [6, 6.07) is 5.38. The number of likely N-dealkylation sites (tertiary alicyclic amines) is 1. The predicted octanol–water partition coefficient (Wildman–Crippen LogP) is 3.55. The summed E-state index contributed by atoms with van der Waals surface area (Å²) in [5, 5.41) is 0. The lowest BCUT2D eigenvalue weighted by Gasteiger charge is -2.31. The Morgan fingerprint density at radius 2 is 1.93 bits per heavy atom. The molecule has 4 rings (SSSR count). The number of aryl methyl sites for hydroxylation is 1. The molecule has 1 aromatic heterocycles. The van der Waals surface area contributed by atoms with Crippen molar-refractivity contribution in [1.82, 2.24) is 9.88 Å². The highest BCUT2D eigenvalue weighted by molar-refractivity contribution is 7.73. The van der Waals surface area contributed by atoms with Crippen LogP contribution in [-0.2, 0) is 11.2 Å². The molecule has 28 heavy (non-hydrogen) atoms. The molecular weight excluding hydrogens is 396 g/mol. The first kappa shape index (κ1) is 19.1. The van der Waals surface area contributed by atoms with E-state index in [1.807, 2.05) is 11.8 Å². The number of aromatic nitrogens is 1. The van der Waals surface area contributed by atoms with Gasteiger partial charge >= 0.3 is 0 Å². The Morgan fingerprint density at radius 1 is 1.21 bits per heavy atom. The van der Waals surface area contributed by atoms with Crippen LogP contribution in [0.5, 0.6) is 11.5 Å². The molecular formula is C20H22N2O4S2. The van der Waals surface area contributed by atoms with E-state index in [0.29, 0.717) is 66.6 Å². The first-order valence-electron chi connectivity index (χ1n) is 9.41. The second-order valence-electron chi connectivity index (χ2n) is 7.12. The number of aromatic amines is 1. The van der Waals surface area contributed by atoms with Crippen molar-refractivity contribution in [3.8, 4) is 11.5 Å². The number of amides is 1. The molecule has 0 atom stereocenters. The van der Waals surface area contributed by atoms with Crippen molar-refractivity contribution in [2.24, 2.45) is 5.92 Å². The number of nitrogens with zero attached hydrogens (tertiary/aromatic N) is 1. The average molecular weight is 419 g/mol. The Balaban J connectivity index is 1.36. The lowest BCUT2D eigenvalue weighted by Crippen LogP contribution is -2.41. The van der Waals surface area contributed by atoms with Gasteiger partial charge < -0.3 is 19.4 Å². The quantitative estimate of drug-likeness (QED) is 0.607. The Kier molecular flexibility index (Phi) is 5.50. The van der Waals surface area contributed by atoms with Gasteiger partial charge in [-0.2, -0.15) is 0 Å². The van der Waals surface area contributed by atoms with Gasteiger partial charge in [-0.25, -0.2) is 0 Å². The number of H-pyrrole nitrogens is 1. The molecule has 1 N–H and O–H groups in total. The fourth-order valence-corrected chi connectivity index (χ4v) is 4.96. The van der Waals surface area contributed by atoms with Crippen LogP contribution >= 0.6 is 23.6 Å². The number of hydrogen-bond donors (Lipinski definition) is 1. The van der Waals surface area contributed by atoms with Crippen LogP contribution in [0.2, 0.25) is 0 Å². The summed E-state index contributed by atoms with van der Waals surface area (Å²) in [7, 11) is 0. The fraction of sp³-hybridized carbons (Fsp3) is 0.450. The Bertz CT molecular complexity index is 957. The van der Waals surface area contributed by atoms with Crippen LogP contribution in [0.3, 0.4) is 0 Å². The van der Waals surface area contributed by atoms with Gasteiger partial charge in [0.2, 0.25) is 5.91 Å². The van der Waals surface area contributed by atoms with Crippen molar-refractivity contribution >= 4 is 35.2 Å². The van der Waals surface area contributed by atoms with E-state index < -0.39 is 0 Å². The standard InChI is InChI=1S/C20H22N2O4S2/c1-12-17(28-20(27)21-12)11-18(23)22-6-4-13(5-7-22)19(24)14-2-3-15-16(10-14)26-9-8-25-15/h2-3,10,13H,4-9,11H2,1H3,(H,21,27). The van der Waals surface area contributed by atoms with E-state index in [9.17, 15) is 9.59 Å². The molecule has 0 unspecified atom stereocenters. The van der Waals surface area contributed by atoms with Crippen molar-refractivity contribution in [2.75, 3.05) is 26.3 Å². The Labute approximate surface area is 172 Å². The number of hydrogen-bond acceptors (Lipinski definition) is 6. The number of benzene rings is 1. The van der Waals surface area contributed by atoms with Gasteiger partial charge in [-0.3, -0.25) is 9.59 Å². The van der Waals surface area contributed by atoms with Gasteiger partial charge in [0, 0.05) is 35.1 Å². The van der Waals surface area contributed by atoms with E-state index in [2.05, 4.69) is 4.98 Å². The molecule has 8 heteroatoms. The van der Waals surface area contributed by atoms with E-state index in [0.717, 1.165) is 10.6 Å². The van der Waals surface area contributed by atoms with E-state index in [1.165, 1.54) is 11.3 Å². The van der Waals surface area contributed by atoms with Gasteiger partial charge in [-0.1, -0.05) is 0 Å². The topological polar surface area (TPSA) is 71.6 Å². The minimum absolute atomic E-state index is 0.0670. The first-order chi connectivity index (χ1) is 13.5. The molecule has 148 valence electrons. The SMILES string of the molecule is Cc1[nH]c(=S)sc1CC(=O)N1CCC(C(=O)c2ccc3c(c2)OCCO3)CC1. The third-order valence-corrected chi connectivity index (χ3v) is 6.62. The number of nitrogens with one attached hydrogen (secondary N) is 1. The van der Waals surface area contributed by atoms with Crippen molar-refractivity contribution in [2.45, 2.75) is 26.2 Å². The van der Waals surface area contributed by atoms with Crippen molar-refractivity contribution in [3.63, 3.8) is 0 Å². The van der Waals surface area contributed by atoms with Crippen LogP contribution < -0.4 is 9.47 Å². The Morgan fingerprint density at radius 3 is 2.61 bits per heavy atom. The molecule has 1 saturated heterocycles. The summed E-state index contributed by atoms with van der Waals surface area (Å²) in [6.45, 7) is 4.18. The molecule has 3 heterocycles. The lowest BCUT2D eigenvalue weighted by molar-refractivity contribution is -0.131. The van der Waals surface area contributed by atoms with Gasteiger partial charge in [0.05, 0.1) is 6.42 Å². The number of thiazole rings is 1. The molecule has 2 aliphatic heterocycles. The van der Waals surface area contributed by atoms with Gasteiger partial charge in [0.25, 0.3) is 0 Å². The Hall–Kier alpha value is -2.19. The fourth-order valence-electron chi connectivity index (χ4n) is 3.68. The minimum atomic E-state index is -0.0670. The average Bonchev–Trinajstić information content (AvgIpc) is 3.03. The molecule has 0 bridgehead atoms. The molecule has 0 radical (unpaired) electrons. The van der Waals surface area contributed by atoms with E-state index in [1.54, 1.807) is 18.2 Å². The lowest BCUT2D eigenvalue weighted by atomic mass is 9.88. The van der Waals surface area contributed by atoms with Crippen LogP contribution in [-0.4, -0.2) is 47.9 Å². The normalized spacial score (nSPS) is 16.8. The number of rotatable bonds is 4. The zero-order chi connectivity index (χ0) is 19.7. The van der Waals surface area contributed by atoms with E-state index in [-0.39, 0.29) is 17.6 Å². The van der Waals surface area contributed by atoms with Gasteiger partial charge in [-0.15, -0.1) is 11.3 Å². The van der Waals surface area contributed by atoms with E-state index >= 15 is 0 Å². The summed E-state index contributed by atoms with van der Waals surface area (Å²) >= 11 is 6.60. The molecule has 2 aromatic rings. The number of carbonyl (C=O) groups is 2. The smallest absolute Gasteiger partial charge is 0.227 e. The summed E-state index contributed by atoms with van der Waals surface area (Å²) in [5.74, 6) is 1.46. The highest BCUT2D eigenvalue weighted by atomic mass is 32.1. The highest BCUT2D eigenvalue weighted by Crippen LogP contribution is 2.32. The van der Waals surface area contributed by atoms with Crippen LogP contribution in [0.1, 0.15) is 33.8 Å². The van der Waals surface area contributed by atoms with Crippen LogP contribution in [0.25, 0.3) is 0 Å².